The molecule has 1 fully saturated rings. The van der Waals surface area contributed by atoms with Gasteiger partial charge in [-0.15, -0.1) is 5.10 Å². The van der Waals surface area contributed by atoms with E-state index in [0.29, 0.717) is 18.9 Å². The Morgan fingerprint density at radius 1 is 1.16 bits per heavy atom. The van der Waals surface area contributed by atoms with E-state index < -0.39 is 0 Å². The summed E-state index contributed by atoms with van der Waals surface area (Å²) < 4.78 is 1.28. The molecule has 1 aromatic carbocycles. The molecule has 1 aliphatic rings. The number of nitrogens with one attached hydrogen (secondary N) is 1. The molecule has 2 heterocycles. The van der Waals surface area contributed by atoms with Gasteiger partial charge in [0.1, 0.15) is 0 Å². The molecule has 2 amide bonds. The Bertz CT molecular complexity index is 762. The van der Waals surface area contributed by atoms with E-state index in [-0.39, 0.29) is 11.9 Å². The number of hydrogen-bond acceptors (Lipinski definition) is 4. The highest BCUT2D eigenvalue weighted by molar-refractivity contribution is 5.87. The first kappa shape index (κ1) is 17.2. The third-order valence-electron chi connectivity index (χ3n) is 4.22. The molecule has 0 atom stereocenters. The van der Waals surface area contributed by atoms with Gasteiger partial charge in [-0.3, -0.25) is 9.69 Å². The highest BCUT2D eigenvalue weighted by Crippen LogP contribution is 2.12. The van der Waals surface area contributed by atoms with Crippen LogP contribution in [0, 0.1) is 6.92 Å². The summed E-state index contributed by atoms with van der Waals surface area (Å²) >= 11 is 0. The second-order valence-corrected chi connectivity index (χ2v) is 6.36. The molecule has 25 heavy (non-hydrogen) atoms. The maximum Gasteiger partial charge on any atom is 0.344 e. The number of nitrogens with zero attached hydrogens (tertiary/aromatic N) is 4. The van der Waals surface area contributed by atoms with Gasteiger partial charge in [0.2, 0.25) is 5.91 Å². The molecule has 0 bridgehead atoms. The van der Waals surface area contributed by atoms with Crippen molar-refractivity contribution in [3.63, 3.8) is 0 Å². The van der Waals surface area contributed by atoms with E-state index in [9.17, 15) is 9.59 Å². The number of carbonyl (C=O) groups is 2. The number of benzene rings is 1. The molecule has 2 aromatic rings. The van der Waals surface area contributed by atoms with Gasteiger partial charge in [-0.05, 0) is 12.5 Å². The third-order valence-corrected chi connectivity index (χ3v) is 4.22. The van der Waals surface area contributed by atoms with Gasteiger partial charge in [-0.25, -0.2) is 4.79 Å². The normalized spacial score (nSPS) is 15.2. The summed E-state index contributed by atoms with van der Waals surface area (Å²) in [6.45, 7) is 7.41. The molecular formula is C18H23N5O2. The van der Waals surface area contributed by atoms with Crippen molar-refractivity contribution in [2.45, 2.75) is 20.4 Å². The second kappa shape index (κ2) is 7.48. The van der Waals surface area contributed by atoms with Crippen LogP contribution >= 0.6 is 0 Å². The van der Waals surface area contributed by atoms with E-state index in [4.69, 9.17) is 0 Å². The van der Waals surface area contributed by atoms with Gasteiger partial charge in [0.05, 0.1) is 0 Å². The number of aromatic nitrogens is 2. The quantitative estimate of drug-likeness (QED) is 0.926. The van der Waals surface area contributed by atoms with Crippen LogP contribution in [-0.2, 0) is 11.3 Å². The van der Waals surface area contributed by atoms with Gasteiger partial charge >= 0.3 is 6.03 Å². The minimum absolute atomic E-state index is 0.160. The fourth-order valence-corrected chi connectivity index (χ4v) is 2.99. The predicted octanol–water partition coefficient (Wildman–Crippen LogP) is 1.94. The van der Waals surface area contributed by atoms with E-state index in [2.05, 4.69) is 46.5 Å². The van der Waals surface area contributed by atoms with Crippen LogP contribution in [0.4, 0.5) is 10.6 Å². The monoisotopic (exact) mass is 341 g/mol. The van der Waals surface area contributed by atoms with Gasteiger partial charge in [-0.2, -0.15) is 4.68 Å². The number of hydrogen-bond donors (Lipinski definition) is 1. The molecule has 0 unspecified atom stereocenters. The largest absolute Gasteiger partial charge is 0.344 e. The van der Waals surface area contributed by atoms with Gasteiger partial charge in [0, 0.05) is 51.9 Å². The number of carbonyl (C=O) groups excluding carboxylic acids is 2. The summed E-state index contributed by atoms with van der Waals surface area (Å²) in [6.07, 6.45) is 1.58. The number of amides is 2. The molecule has 7 heteroatoms. The van der Waals surface area contributed by atoms with Crippen LogP contribution in [0.3, 0.4) is 0 Å². The average Bonchev–Trinajstić information content (AvgIpc) is 3.02. The molecule has 3 rings (SSSR count). The molecule has 0 spiro atoms. The van der Waals surface area contributed by atoms with Crippen molar-refractivity contribution in [1.29, 1.82) is 0 Å². The fraction of sp³-hybridized carbons (Fsp3) is 0.389. The third kappa shape index (κ3) is 4.45. The van der Waals surface area contributed by atoms with Crippen LogP contribution in [0.25, 0.3) is 0 Å². The van der Waals surface area contributed by atoms with Crippen LogP contribution in [0.2, 0.25) is 0 Å². The molecule has 0 aliphatic carbocycles. The zero-order valence-corrected chi connectivity index (χ0v) is 14.6. The Morgan fingerprint density at radius 2 is 1.92 bits per heavy atom. The number of aryl methyl sites for hydroxylation is 1. The van der Waals surface area contributed by atoms with Crippen molar-refractivity contribution in [2.24, 2.45) is 0 Å². The Hall–Kier alpha value is -2.67. The lowest BCUT2D eigenvalue weighted by Gasteiger charge is -2.34. The molecule has 7 nitrogen and oxygen atoms in total. The minimum atomic E-state index is -0.206. The summed E-state index contributed by atoms with van der Waals surface area (Å²) in [6, 6.07) is 9.97. The highest BCUT2D eigenvalue weighted by Gasteiger charge is 2.23. The van der Waals surface area contributed by atoms with Crippen LogP contribution < -0.4 is 5.32 Å². The van der Waals surface area contributed by atoms with E-state index >= 15 is 0 Å². The van der Waals surface area contributed by atoms with Gasteiger partial charge in [0.25, 0.3) is 0 Å². The Labute approximate surface area is 147 Å². The summed E-state index contributed by atoms with van der Waals surface area (Å²) in [7, 11) is 0. The molecule has 1 saturated heterocycles. The van der Waals surface area contributed by atoms with E-state index in [0.717, 1.165) is 19.6 Å². The van der Waals surface area contributed by atoms with Crippen molar-refractivity contribution in [1.82, 2.24) is 19.6 Å². The van der Waals surface area contributed by atoms with E-state index in [1.165, 1.54) is 22.7 Å². The lowest BCUT2D eigenvalue weighted by atomic mass is 10.1. The smallest absolute Gasteiger partial charge is 0.320 e. The van der Waals surface area contributed by atoms with Crippen molar-refractivity contribution < 1.29 is 9.59 Å². The first-order chi connectivity index (χ1) is 12.0. The average molecular weight is 341 g/mol. The van der Waals surface area contributed by atoms with Crippen molar-refractivity contribution in [3.8, 4) is 0 Å². The zero-order chi connectivity index (χ0) is 17.8. The zero-order valence-electron chi connectivity index (χ0n) is 14.6. The minimum Gasteiger partial charge on any atom is -0.320 e. The molecule has 0 saturated carbocycles. The molecule has 1 aromatic heterocycles. The van der Waals surface area contributed by atoms with E-state index in [1.54, 1.807) is 17.2 Å². The molecule has 132 valence electrons. The van der Waals surface area contributed by atoms with Crippen molar-refractivity contribution in [3.05, 3.63) is 47.7 Å². The highest BCUT2D eigenvalue weighted by atomic mass is 16.2. The predicted molar refractivity (Wildman–Crippen MR) is 95.4 cm³/mol. The van der Waals surface area contributed by atoms with Gasteiger partial charge in [0.15, 0.2) is 5.82 Å². The number of anilines is 1. The molecular weight excluding hydrogens is 318 g/mol. The lowest BCUT2D eigenvalue weighted by molar-refractivity contribution is -0.114. The van der Waals surface area contributed by atoms with Crippen molar-refractivity contribution in [2.75, 3.05) is 31.5 Å². The summed E-state index contributed by atoms with van der Waals surface area (Å²) in [5.41, 5.74) is 2.56. The first-order valence-electron chi connectivity index (χ1n) is 8.42. The summed E-state index contributed by atoms with van der Waals surface area (Å²) in [5, 5.41) is 6.67. The van der Waals surface area contributed by atoms with Gasteiger partial charge in [-0.1, -0.05) is 29.8 Å². The lowest BCUT2D eigenvalue weighted by Crippen LogP contribution is -2.49. The Balaban J connectivity index is 1.54. The maximum absolute atomic E-state index is 12.5. The molecule has 1 aliphatic heterocycles. The summed E-state index contributed by atoms with van der Waals surface area (Å²) in [4.78, 5) is 27.7. The van der Waals surface area contributed by atoms with Crippen molar-refractivity contribution >= 4 is 17.8 Å². The number of piperazine rings is 1. The fourth-order valence-electron chi connectivity index (χ4n) is 2.99. The van der Waals surface area contributed by atoms with Crippen LogP contribution in [-0.4, -0.2) is 57.7 Å². The van der Waals surface area contributed by atoms with Gasteiger partial charge < -0.3 is 10.2 Å². The van der Waals surface area contributed by atoms with Crippen LogP contribution in [0.1, 0.15) is 18.1 Å². The standard InChI is InChI=1S/C18H23N5O2/c1-14-4-3-5-16(12-14)13-21-8-10-22(11-9-21)18(25)23-7-6-17(20-23)19-15(2)24/h3-7,12H,8-11,13H2,1-2H3,(H,19,20,24). The maximum atomic E-state index is 12.5. The van der Waals surface area contributed by atoms with Crippen LogP contribution in [0.5, 0.6) is 0 Å². The van der Waals surface area contributed by atoms with Crippen LogP contribution in [0.15, 0.2) is 36.5 Å². The Kier molecular flexibility index (Phi) is 5.14. The number of rotatable bonds is 3. The second-order valence-electron chi connectivity index (χ2n) is 6.36. The Morgan fingerprint density at radius 3 is 2.60 bits per heavy atom. The van der Waals surface area contributed by atoms with E-state index in [1.807, 2.05) is 0 Å². The first-order valence-corrected chi connectivity index (χ1v) is 8.42. The molecule has 1 N–H and O–H groups in total. The topological polar surface area (TPSA) is 70.5 Å². The SMILES string of the molecule is CC(=O)Nc1ccn(C(=O)N2CCN(Cc3cccc(C)c3)CC2)n1. The summed E-state index contributed by atoms with van der Waals surface area (Å²) in [5.74, 6) is 0.182. The molecule has 0 radical (unpaired) electrons.